The Hall–Kier alpha value is -1.86. The summed E-state index contributed by atoms with van der Waals surface area (Å²) in [4.78, 5) is 23.9. The molecule has 1 saturated heterocycles. The van der Waals surface area contributed by atoms with Crippen LogP contribution >= 0.6 is 11.6 Å². The molecule has 8 heteroatoms. The third kappa shape index (κ3) is 4.05. The molecule has 0 aliphatic carbocycles. The number of likely N-dealkylation sites (tertiary alicyclic amines) is 1. The predicted molar refractivity (Wildman–Crippen MR) is 77.4 cm³/mol. The number of halogens is 1. The summed E-state index contributed by atoms with van der Waals surface area (Å²) in [5.41, 5.74) is 5.53. The molecular weight excluding hydrogens is 298 g/mol. The number of nitrogens with two attached hydrogens (primary N) is 1. The highest BCUT2D eigenvalue weighted by Crippen LogP contribution is 2.29. The van der Waals surface area contributed by atoms with Gasteiger partial charge in [-0.3, -0.25) is 14.9 Å². The van der Waals surface area contributed by atoms with Crippen LogP contribution in [0.3, 0.4) is 0 Å². The van der Waals surface area contributed by atoms with E-state index in [0.717, 1.165) is 6.42 Å². The molecule has 0 aromatic heterocycles. The summed E-state index contributed by atoms with van der Waals surface area (Å²) in [6, 6.07) is 4.19. The molecule has 2 rings (SSSR count). The van der Waals surface area contributed by atoms with Gasteiger partial charge in [0.15, 0.2) is 5.75 Å². The Kier molecular flexibility index (Phi) is 4.98. The minimum absolute atomic E-state index is 0.0345. The van der Waals surface area contributed by atoms with E-state index in [1.54, 1.807) is 4.90 Å². The van der Waals surface area contributed by atoms with Gasteiger partial charge >= 0.3 is 5.69 Å². The number of carbonyl (C=O) groups is 1. The molecule has 0 bridgehead atoms. The van der Waals surface area contributed by atoms with Gasteiger partial charge < -0.3 is 15.4 Å². The number of benzene rings is 1. The molecular formula is C13H16ClN3O4. The number of hydrogen-bond donors (Lipinski definition) is 1. The van der Waals surface area contributed by atoms with E-state index >= 15 is 0 Å². The van der Waals surface area contributed by atoms with Gasteiger partial charge in [0, 0.05) is 30.2 Å². The Morgan fingerprint density at radius 2 is 2.33 bits per heavy atom. The lowest BCUT2D eigenvalue weighted by atomic mass is 10.3. The fourth-order valence-electron chi connectivity index (χ4n) is 2.18. The van der Waals surface area contributed by atoms with Gasteiger partial charge in [0.1, 0.15) is 0 Å². The topological polar surface area (TPSA) is 98.7 Å². The monoisotopic (exact) mass is 313 g/mol. The van der Waals surface area contributed by atoms with Crippen molar-refractivity contribution in [1.29, 1.82) is 0 Å². The number of rotatable bonds is 5. The Labute approximate surface area is 126 Å². The van der Waals surface area contributed by atoms with E-state index in [2.05, 4.69) is 0 Å². The number of nitrogens with zero attached hydrogens (tertiary/aromatic N) is 2. The van der Waals surface area contributed by atoms with Gasteiger partial charge in [0.2, 0.25) is 5.91 Å². The summed E-state index contributed by atoms with van der Waals surface area (Å²) < 4.78 is 5.33. The van der Waals surface area contributed by atoms with Crippen molar-refractivity contribution in [2.45, 2.75) is 18.9 Å². The molecule has 1 heterocycles. The number of nitro groups is 1. The van der Waals surface area contributed by atoms with Crippen LogP contribution in [-0.4, -0.2) is 41.5 Å². The molecule has 1 aromatic carbocycles. The van der Waals surface area contributed by atoms with Gasteiger partial charge in [-0.15, -0.1) is 0 Å². The summed E-state index contributed by atoms with van der Waals surface area (Å²) in [5, 5.41) is 11.2. The maximum absolute atomic E-state index is 11.9. The third-order valence-corrected chi connectivity index (χ3v) is 3.50. The van der Waals surface area contributed by atoms with Crippen molar-refractivity contribution >= 4 is 23.2 Å². The summed E-state index contributed by atoms with van der Waals surface area (Å²) in [6.07, 6.45) is 0.960. The van der Waals surface area contributed by atoms with Crippen LogP contribution in [0.1, 0.15) is 12.8 Å². The van der Waals surface area contributed by atoms with Crippen LogP contribution in [-0.2, 0) is 4.79 Å². The summed E-state index contributed by atoms with van der Waals surface area (Å²) >= 11 is 5.71. The molecule has 0 saturated carbocycles. The fourth-order valence-corrected chi connectivity index (χ4v) is 2.34. The van der Waals surface area contributed by atoms with Gasteiger partial charge in [-0.05, 0) is 18.6 Å². The van der Waals surface area contributed by atoms with Crippen LogP contribution in [0, 0.1) is 10.1 Å². The molecule has 21 heavy (non-hydrogen) atoms. The third-order valence-electron chi connectivity index (χ3n) is 3.27. The maximum atomic E-state index is 11.9. The highest BCUT2D eigenvalue weighted by atomic mass is 35.5. The van der Waals surface area contributed by atoms with Crippen molar-refractivity contribution in [3.05, 3.63) is 33.3 Å². The predicted octanol–water partition coefficient (Wildman–Crippen LogP) is 1.58. The van der Waals surface area contributed by atoms with Crippen molar-refractivity contribution in [2.75, 3.05) is 19.7 Å². The highest BCUT2D eigenvalue weighted by Gasteiger charge is 2.23. The second kappa shape index (κ2) is 6.73. The standard InChI is InChI=1S/C13H16ClN3O4/c14-9-1-2-12(11(7-9)17(19)20)21-6-4-13(18)16-5-3-10(15)8-16/h1-2,7,10H,3-6,8,15H2/t10-/m1/s1. The van der Waals surface area contributed by atoms with Crippen molar-refractivity contribution < 1.29 is 14.5 Å². The number of amides is 1. The normalized spacial score (nSPS) is 17.8. The number of ether oxygens (including phenoxy) is 1. The van der Waals surface area contributed by atoms with E-state index in [9.17, 15) is 14.9 Å². The molecule has 114 valence electrons. The smallest absolute Gasteiger partial charge is 0.312 e. The number of hydrogen-bond acceptors (Lipinski definition) is 5. The molecule has 0 radical (unpaired) electrons. The first kappa shape index (κ1) is 15.5. The molecule has 1 aliphatic heterocycles. The quantitative estimate of drug-likeness (QED) is 0.657. The Bertz CT molecular complexity index is 552. The molecule has 1 fully saturated rings. The second-order valence-electron chi connectivity index (χ2n) is 4.86. The second-order valence-corrected chi connectivity index (χ2v) is 5.29. The zero-order valence-electron chi connectivity index (χ0n) is 11.3. The molecule has 1 atom stereocenters. The fraction of sp³-hybridized carbons (Fsp3) is 0.462. The van der Waals surface area contributed by atoms with E-state index in [4.69, 9.17) is 22.1 Å². The summed E-state index contributed by atoms with van der Waals surface area (Å²) in [7, 11) is 0. The lowest BCUT2D eigenvalue weighted by Crippen LogP contribution is -2.32. The summed E-state index contributed by atoms with van der Waals surface area (Å²) in [5.74, 6) is 0.0508. The molecule has 7 nitrogen and oxygen atoms in total. The Morgan fingerprint density at radius 1 is 1.57 bits per heavy atom. The van der Waals surface area contributed by atoms with Gasteiger partial charge in [-0.25, -0.2) is 0 Å². The average molecular weight is 314 g/mol. The first-order chi connectivity index (χ1) is 9.97. The minimum atomic E-state index is -0.567. The zero-order chi connectivity index (χ0) is 15.4. The van der Waals surface area contributed by atoms with E-state index in [-0.39, 0.29) is 41.4 Å². The SMILES string of the molecule is N[C@@H]1CCN(C(=O)CCOc2ccc(Cl)cc2[N+](=O)[O-])C1. The van der Waals surface area contributed by atoms with Crippen LogP contribution in [0.15, 0.2) is 18.2 Å². The number of carbonyl (C=O) groups excluding carboxylic acids is 1. The van der Waals surface area contributed by atoms with Gasteiger partial charge in [-0.1, -0.05) is 11.6 Å². The lowest BCUT2D eigenvalue weighted by molar-refractivity contribution is -0.385. The van der Waals surface area contributed by atoms with Crippen molar-refractivity contribution in [1.82, 2.24) is 4.90 Å². The van der Waals surface area contributed by atoms with E-state index in [1.165, 1.54) is 18.2 Å². The van der Waals surface area contributed by atoms with Crippen molar-refractivity contribution in [2.24, 2.45) is 5.73 Å². The Balaban J connectivity index is 1.89. The van der Waals surface area contributed by atoms with Crippen LogP contribution in [0.2, 0.25) is 5.02 Å². The van der Waals surface area contributed by atoms with Crippen molar-refractivity contribution in [3.63, 3.8) is 0 Å². The zero-order valence-corrected chi connectivity index (χ0v) is 12.1. The maximum Gasteiger partial charge on any atom is 0.312 e. The van der Waals surface area contributed by atoms with Crippen LogP contribution < -0.4 is 10.5 Å². The highest BCUT2D eigenvalue weighted by molar-refractivity contribution is 6.30. The molecule has 0 spiro atoms. The van der Waals surface area contributed by atoms with Crippen LogP contribution in [0.25, 0.3) is 0 Å². The first-order valence-corrected chi connectivity index (χ1v) is 6.95. The summed E-state index contributed by atoms with van der Waals surface area (Å²) in [6.45, 7) is 1.29. The molecule has 0 unspecified atom stereocenters. The van der Waals surface area contributed by atoms with E-state index in [0.29, 0.717) is 13.1 Å². The minimum Gasteiger partial charge on any atom is -0.486 e. The van der Waals surface area contributed by atoms with Gasteiger partial charge in [-0.2, -0.15) is 0 Å². The lowest BCUT2D eigenvalue weighted by Gasteiger charge is -2.15. The van der Waals surface area contributed by atoms with Crippen LogP contribution in [0.4, 0.5) is 5.69 Å². The van der Waals surface area contributed by atoms with Gasteiger partial charge in [0.05, 0.1) is 18.0 Å². The molecule has 1 aromatic rings. The van der Waals surface area contributed by atoms with Crippen LogP contribution in [0.5, 0.6) is 5.75 Å². The molecule has 1 aliphatic rings. The first-order valence-electron chi connectivity index (χ1n) is 6.57. The van der Waals surface area contributed by atoms with E-state index in [1.807, 2.05) is 0 Å². The van der Waals surface area contributed by atoms with Gasteiger partial charge in [0.25, 0.3) is 0 Å². The molecule has 1 amide bonds. The average Bonchev–Trinajstić information content (AvgIpc) is 2.86. The van der Waals surface area contributed by atoms with Crippen molar-refractivity contribution in [3.8, 4) is 5.75 Å². The Morgan fingerprint density at radius 3 is 2.95 bits per heavy atom. The van der Waals surface area contributed by atoms with E-state index < -0.39 is 4.92 Å². The molecule has 2 N–H and O–H groups in total. The largest absolute Gasteiger partial charge is 0.486 e. The number of nitro benzene ring substituents is 1.